The number of rotatable bonds is 9. The van der Waals surface area contributed by atoms with Crippen LogP contribution in [0.25, 0.3) is 10.2 Å². The van der Waals surface area contributed by atoms with E-state index in [4.69, 9.17) is 10.1 Å². The zero-order valence-electron chi connectivity index (χ0n) is 22.0. The maximum Gasteiger partial charge on any atom is 0.333 e. The van der Waals surface area contributed by atoms with Crippen molar-refractivity contribution in [3.63, 3.8) is 0 Å². The number of likely N-dealkylation sites (tertiary alicyclic amines) is 1. The predicted molar refractivity (Wildman–Crippen MR) is 148 cm³/mol. The van der Waals surface area contributed by atoms with Crippen molar-refractivity contribution in [3.05, 3.63) is 68.3 Å². The van der Waals surface area contributed by atoms with Crippen molar-refractivity contribution >= 4 is 38.7 Å². The number of hydrogen-bond donors (Lipinski definition) is 2. The first kappa shape index (κ1) is 27.3. The average molecular weight is 542 g/mol. The normalized spacial score (nSPS) is 14.0. The van der Waals surface area contributed by atoms with Crippen LogP contribution in [0.15, 0.2) is 40.1 Å². The van der Waals surface area contributed by atoms with Gasteiger partial charge >= 0.3 is 5.69 Å². The van der Waals surface area contributed by atoms with E-state index in [9.17, 15) is 18.8 Å². The van der Waals surface area contributed by atoms with Crippen LogP contribution in [0.3, 0.4) is 0 Å². The molecule has 1 saturated heterocycles. The summed E-state index contributed by atoms with van der Waals surface area (Å²) in [5.41, 5.74) is -1.32. The number of aryl methyl sites for hydroxylation is 3. The number of hydrogen-bond acceptors (Lipinski definition) is 7. The molecule has 4 rings (SSSR count). The lowest BCUT2D eigenvalue weighted by atomic mass is 10.0. The number of halogens is 1. The maximum atomic E-state index is 14.0. The number of carbonyl (C=O) groups is 1. The van der Waals surface area contributed by atoms with E-state index in [0.717, 1.165) is 23.6 Å². The summed E-state index contributed by atoms with van der Waals surface area (Å²) in [5.74, 6) is -0.195. The van der Waals surface area contributed by atoms with Gasteiger partial charge in [0.15, 0.2) is 0 Å². The second-order valence-electron chi connectivity index (χ2n) is 9.75. The number of anilines is 1. The standard InChI is InChI=1S/C27H32FN5O4S/c1-17-21-23(34)33(27(2,3)25(35)31-13-5-6-14-31)26(36)32(24(21)38-22(17)30-12-7-11-29)15-10-18-16-19(28)8-9-20(18)37-4/h7-9,11-12,16,29-30H,5-6,10,13-15H2,1-4H3/b12-7-,29-11?. The molecule has 38 heavy (non-hydrogen) atoms. The Morgan fingerprint density at radius 3 is 2.63 bits per heavy atom. The molecule has 0 unspecified atom stereocenters. The number of nitrogens with one attached hydrogen (secondary N) is 2. The Balaban J connectivity index is 1.91. The van der Waals surface area contributed by atoms with Crippen LogP contribution in [0.2, 0.25) is 0 Å². The fourth-order valence-electron chi connectivity index (χ4n) is 4.92. The van der Waals surface area contributed by atoms with Gasteiger partial charge in [-0.1, -0.05) is 11.3 Å². The van der Waals surface area contributed by atoms with Gasteiger partial charge in [0.05, 0.1) is 17.5 Å². The number of carbonyl (C=O) groups excluding carboxylic acids is 1. The molecule has 0 bridgehead atoms. The number of methoxy groups -OCH3 is 1. The Bertz CT molecular complexity index is 1530. The first-order chi connectivity index (χ1) is 18.1. The zero-order chi connectivity index (χ0) is 27.6. The molecule has 11 heteroatoms. The van der Waals surface area contributed by atoms with Gasteiger partial charge in [0, 0.05) is 32.0 Å². The number of thiophene rings is 1. The highest BCUT2D eigenvalue weighted by Crippen LogP contribution is 2.33. The van der Waals surface area contributed by atoms with E-state index in [1.165, 1.54) is 47.3 Å². The summed E-state index contributed by atoms with van der Waals surface area (Å²) in [7, 11) is 1.50. The number of ether oxygens (including phenoxy) is 1. The largest absolute Gasteiger partial charge is 0.496 e. The lowest BCUT2D eigenvalue weighted by Gasteiger charge is -2.31. The van der Waals surface area contributed by atoms with Gasteiger partial charge in [-0.2, -0.15) is 0 Å². The highest BCUT2D eigenvalue weighted by atomic mass is 32.1. The molecule has 0 spiro atoms. The first-order valence-electron chi connectivity index (χ1n) is 12.4. The fraction of sp³-hybridized carbons (Fsp3) is 0.407. The second kappa shape index (κ2) is 10.9. The molecule has 3 heterocycles. The van der Waals surface area contributed by atoms with Gasteiger partial charge in [0.1, 0.15) is 21.9 Å². The fourth-order valence-corrected chi connectivity index (χ4v) is 6.12. The maximum absolute atomic E-state index is 14.0. The molecule has 0 radical (unpaired) electrons. The molecule has 9 nitrogen and oxygen atoms in total. The second-order valence-corrected chi connectivity index (χ2v) is 10.7. The Morgan fingerprint density at radius 1 is 1.26 bits per heavy atom. The van der Waals surface area contributed by atoms with Crippen molar-refractivity contribution in [1.82, 2.24) is 14.0 Å². The van der Waals surface area contributed by atoms with Crippen molar-refractivity contribution in [1.29, 1.82) is 5.41 Å². The molecular formula is C27H32FN5O4S. The third kappa shape index (κ3) is 4.90. The average Bonchev–Trinajstić information content (AvgIpc) is 3.52. The first-order valence-corrected chi connectivity index (χ1v) is 13.3. The minimum Gasteiger partial charge on any atom is -0.496 e. The van der Waals surface area contributed by atoms with E-state index in [0.29, 0.717) is 45.2 Å². The van der Waals surface area contributed by atoms with Gasteiger partial charge < -0.3 is 20.4 Å². The van der Waals surface area contributed by atoms with Gasteiger partial charge in [0.2, 0.25) is 5.91 Å². The Morgan fingerprint density at radius 2 is 1.97 bits per heavy atom. The topological polar surface area (TPSA) is 109 Å². The molecule has 0 atom stereocenters. The van der Waals surface area contributed by atoms with Crippen molar-refractivity contribution in [2.45, 2.75) is 52.1 Å². The van der Waals surface area contributed by atoms with E-state index in [-0.39, 0.29) is 18.9 Å². The lowest BCUT2D eigenvalue weighted by Crippen LogP contribution is -2.56. The minimum absolute atomic E-state index is 0.138. The summed E-state index contributed by atoms with van der Waals surface area (Å²) >= 11 is 1.24. The smallest absolute Gasteiger partial charge is 0.333 e. The number of benzene rings is 1. The Kier molecular flexibility index (Phi) is 7.86. The molecule has 1 amide bonds. The van der Waals surface area contributed by atoms with Crippen LogP contribution in [-0.2, 0) is 23.3 Å². The number of allylic oxidation sites excluding steroid dienone is 1. The zero-order valence-corrected chi connectivity index (χ0v) is 22.8. The van der Waals surface area contributed by atoms with Gasteiger partial charge in [0.25, 0.3) is 5.56 Å². The van der Waals surface area contributed by atoms with Gasteiger partial charge in [-0.15, -0.1) is 0 Å². The summed E-state index contributed by atoms with van der Waals surface area (Å²) in [6, 6.07) is 4.21. The molecule has 3 aromatic rings. The van der Waals surface area contributed by atoms with E-state index in [1.807, 2.05) is 0 Å². The summed E-state index contributed by atoms with van der Waals surface area (Å²) in [6.45, 7) is 6.32. The number of nitrogens with zero attached hydrogens (tertiary/aromatic N) is 3. The van der Waals surface area contributed by atoms with Crippen molar-refractivity contribution < 1.29 is 13.9 Å². The molecule has 0 saturated carbocycles. The third-order valence-corrected chi connectivity index (χ3v) is 8.19. The molecule has 2 aromatic heterocycles. The number of aromatic nitrogens is 2. The van der Waals surface area contributed by atoms with Gasteiger partial charge in [-0.25, -0.2) is 13.8 Å². The molecule has 1 aliphatic heterocycles. The molecule has 1 aliphatic rings. The molecule has 2 N–H and O–H groups in total. The Labute approximate surface area is 223 Å². The molecular weight excluding hydrogens is 509 g/mol. The molecule has 202 valence electrons. The van der Waals surface area contributed by atoms with Crippen molar-refractivity contribution in [3.8, 4) is 5.75 Å². The lowest BCUT2D eigenvalue weighted by molar-refractivity contribution is -0.138. The van der Waals surface area contributed by atoms with Crippen LogP contribution in [0.5, 0.6) is 5.75 Å². The van der Waals surface area contributed by atoms with Crippen molar-refractivity contribution in [2.75, 3.05) is 25.5 Å². The Hall–Kier alpha value is -3.73. The quantitative estimate of drug-likeness (QED) is 0.400. The van der Waals surface area contributed by atoms with E-state index >= 15 is 0 Å². The van der Waals surface area contributed by atoms with Crippen LogP contribution >= 0.6 is 11.3 Å². The van der Waals surface area contributed by atoms with Gasteiger partial charge in [-0.05, 0) is 75.4 Å². The molecule has 0 aliphatic carbocycles. The summed E-state index contributed by atoms with van der Waals surface area (Å²) in [6.07, 6.45) is 6.24. The van der Waals surface area contributed by atoms with E-state index < -0.39 is 22.6 Å². The molecule has 1 aromatic carbocycles. The monoisotopic (exact) mass is 541 g/mol. The van der Waals surface area contributed by atoms with Gasteiger partial charge in [-0.3, -0.25) is 14.2 Å². The summed E-state index contributed by atoms with van der Waals surface area (Å²) in [4.78, 5) is 43.5. The van der Waals surface area contributed by atoms with Crippen LogP contribution in [0.1, 0.15) is 37.8 Å². The summed E-state index contributed by atoms with van der Waals surface area (Å²) < 4.78 is 21.9. The van der Waals surface area contributed by atoms with Crippen molar-refractivity contribution in [2.24, 2.45) is 0 Å². The third-order valence-electron chi connectivity index (χ3n) is 6.94. The number of fused-ring (bicyclic) bond motifs is 1. The van der Waals surface area contributed by atoms with Crippen LogP contribution < -0.4 is 21.3 Å². The highest BCUT2D eigenvalue weighted by Gasteiger charge is 2.38. The highest BCUT2D eigenvalue weighted by molar-refractivity contribution is 7.22. The van der Waals surface area contributed by atoms with Crippen LogP contribution in [-0.4, -0.2) is 46.4 Å². The van der Waals surface area contributed by atoms with E-state index in [2.05, 4.69) is 5.32 Å². The minimum atomic E-state index is -1.41. The van der Waals surface area contributed by atoms with Crippen LogP contribution in [0, 0.1) is 18.2 Å². The van der Waals surface area contributed by atoms with E-state index in [1.54, 1.807) is 31.9 Å². The SMILES string of the molecule is COc1ccc(F)cc1CCn1c(=O)n(C(C)(C)C(=O)N2CCCC2)c(=O)c2c(C)c(N/C=C\C=N)sc21. The summed E-state index contributed by atoms with van der Waals surface area (Å²) in [5, 5.41) is 11.3. The number of amides is 1. The molecule has 1 fully saturated rings. The van der Waals surface area contributed by atoms with Crippen LogP contribution in [0.4, 0.5) is 9.39 Å². The predicted octanol–water partition coefficient (Wildman–Crippen LogP) is 3.86.